The molecule has 0 amide bonds. The van der Waals surface area contributed by atoms with Crippen LogP contribution < -0.4 is 10.6 Å². The minimum atomic E-state index is 0.141. The second kappa shape index (κ2) is 5.03. The molecule has 0 radical (unpaired) electrons. The third kappa shape index (κ3) is 2.33. The van der Waals surface area contributed by atoms with Gasteiger partial charge in [-0.2, -0.15) is 0 Å². The van der Waals surface area contributed by atoms with Gasteiger partial charge in [0.25, 0.3) is 0 Å². The van der Waals surface area contributed by atoms with Crippen molar-refractivity contribution in [3.63, 3.8) is 0 Å². The molecule has 1 aliphatic rings. The Balaban J connectivity index is 2.27. The van der Waals surface area contributed by atoms with Crippen molar-refractivity contribution in [3.8, 4) is 0 Å². The highest BCUT2D eigenvalue weighted by Gasteiger charge is 2.23. The van der Waals surface area contributed by atoms with Crippen LogP contribution in [0.2, 0.25) is 0 Å². The van der Waals surface area contributed by atoms with Crippen molar-refractivity contribution in [1.82, 2.24) is 4.98 Å². The van der Waals surface area contributed by atoms with Crippen LogP contribution in [0.4, 0.5) is 5.69 Å². The molecule has 1 aromatic rings. The lowest BCUT2D eigenvalue weighted by molar-refractivity contribution is 0.318. The van der Waals surface area contributed by atoms with Crippen molar-refractivity contribution >= 4 is 11.5 Å². The zero-order valence-electron chi connectivity index (χ0n) is 10.0. The number of rotatable bonds is 3. The zero-order valence-corrected chi connectivity index (χ0v) is 10.0. The van der Waals surface area contributed by atoms with Crippen LogP contribution in [-0.2, 0) is 0 Å². The number of hydrogen-bond donors (Lipinski definition) is 2. The summed E-state index contributed by atoms with van der Waals surface area (Å²) in [6.45, 7) is 4.24. The molecule has 0 saturated carbocycles. The summed E-state index contributed by atoms with van der Waals surface area (Å²) in [6.07, 6.45) is 5.83. The van der Waals surface area contributed by atoms with E-state index in [0.29, 0.717) is 0 Å². The molecule has 3 N–H and O–H groups in total. The second-order valence-electron chi connectivity index (χ2n) is 4.39. The standard InChI is InChI=1S/C12H18N4O/c1-2-9-4-6-16(8-9)11-7-14-5-3-10(11)12(13)15-17/h3,5,7,9,17H,2,4,6,8H2,1H3,(H2,13,15). The summed E-state index contributed by atoms with van der Waals surface area (Å²) in [7, 11) is 0. The average molecular weight is 234 g/mol. The molecule has 1 unspecified atom stereocenters. The fraction of sp³-hybridized carbons (Fsp3) is 0.500. The Bertz CT molecular complexity index is 419. The van der Waals surface area contributed by atoms with E-state index in [0.717, 1.165) is 30.3 Å². The Morgan fingerprint density at radius 2 is 2.53 bits per heavy atom. The molecule has 0 bridgehead atoms. The monoisotopic (exact) mass is 234 g/mol. The molecule has 0 aromatic carbocycles. The normalized spacial score (nSPS) is 20.9. The molecule has 5 nitrogen and oxygen atoms in total. The first-order valence-electron chi connectivity index (χ1n) is 5.93. The molecule has 1 fully saturated rings. The summed E-state index contributed by atoms with van der Waals surface area (Å²) >= 11 is 0. The number of oxime groups is 1. The predicted octanol–water partition coefficient (Wildman–Crippen LogP) is 1.41. The molecule has 17 heavy (non-hydrogen) atoms. The summed E-state index contributed by atoms with van der Waals surface area (Å²) in [6, 6.07) is 1.78. The van der Waals surface area contributed by atoms with Gasteiger partial charge in [0, 0.05) is 24.8 Å². The Hall–Kier alpha value is -1.78. The molecule has 2 rings (SSSR count). The van der Waals surface area contributed by atoms with Crippen molar-refractivity contribution < 1.29 is 5.21 Å². The lowest BCUT2D eigenvalue weighted by Gasteiger charge is -2.20. The fourth-order valence-electron chi connectivity index (χ4n) is 2.29. The van der Waals surface area contributed by atoms with E-state index in [1.54, 1.807) is 18.5 Å². The number of aromatic nitrogens is 1. The third-order valence-electron chi connectivity index (χ3n) is 3.39. The number of nitrogens with zero attached hydrogens (tertiary/aromatic N) is 3. The first-order chi connectivity index (χ1) is 8.26. The first kappa shape index (κ1) is 11.7. The quantitative estimate of drug-likeness (QED) is 0.359. The van der Waals surface area contributed by atoms with Crippen LogP contribution in [0.5, 0.6) is 0 Å². The van der Waals surface area contributed by atoms with Gasteiger partial charge in [-0.25, -0.2) is 0 Å². The fourth-order valence-corrected chi connectivity index (χ4v) is 2.29. The van der Waals surface area contributed by atoms with Crippen molar-refractivity contribution in [3.05, 3.63) is 24.0 Å². The summed E-state index contributed by atoms with van der Waals surface area (Å²) in [5, 5.41) is 11.8. The van der Waals surface area contributed by atoms with E-state index in [4.69, 9.17) is 10.9 Å². The van der Waals surface area contributed by atoms with Crippen LogP contribution >= 0.6 is 0 Å². The molecule has 0 spiro atoms. The van der Waals surface area contributed by atoms with E-state index >= 15 is 0 Å². The molecule has 5 heteroatoms. The van der Waals surface area contributed by atoms with Gasteiger partial charge >= 0.3 is 0 Å². The number of anilines is 1. The Kier molecular flexibility index (Phi) is 3.46. The van der Waals surface area contributed by atoms with E-state index in [-0.39, 0.29) is 5.84 Å². The van der Waals surface area contributed by atoms with Crippen molar-refractivity contribution in [2.24, 2.45) is 16.8 Å². The van der Waals surface area contributed by atoms with Gasteiger partial charge in [-0.05, 0) is 18.4 Å². The van der Waals surface area contributed by atoms with Crippen molar-refractivity contribution in [2.45, 2.75) is 19.8 Å². The number of pyridine rings is 1. The first-order valence-corrected chi connectivity index (χ1v) is 5.93. The molecule has 1 aliphatic heterocycles. The van der Waals surface area contributed by atoms with Gasteiger partial charge in [0.1, 0.15) is 0 Å². The maximum Gasteiger partial charge on any atom is 0.172 e. The Morgan fingerprint density at radius 1 is 1.71 bits per heavy atom. The van der Waals surface area contributed by atoms with Crippen LogP contribution in [0, 0.1) is 5.92 Å². The van der Waals surface area contributed by atoms with Gasteiger partial charge in [0.15, 0.2) is 5.84 Å². The molecule has 0 aliphatic carbocycles. The van der Waals surface area contributed by atoms with E-state index in [2.05, 4.69) is 22.0 Å². The van der Waals surface area contributed by atoms with Crippen LogP contribution in [-0.4, -0.2) is 29.1 Å². The molecular formula is C12H18N4O. The maximum absolute atomic E-state index is 8.78. The van der Waals surface area contributed by atoms with Crippen LogP contribution in [0.25, 0.3) is 0 Å². The molecule has 92 valence electrons. The second-order valence-corrected chi connectivity index (χ2v) is 4.39. The van der Waals surface area contributed by atoms with Crippen LogP contribution in [0.1, 0.15) is 25.3 Å². The lowest BCUT2D eigenvalue weighted by Crippen LogP contribution is -2.24. The van der Waals surface area contributed by atoms with Gasteiger partial charge in [-0.1, -0.05) is 18.5 Å². The van der Waals surface area contributed by atoms with Crippen molar-refractivity contribution in [2.75, 3.05) is 18.0 Å². The molecule has 1 aromatic heterocycles. The Morgan fingerprint density at radius 3 is 3.18 bits per heavy atom. The van der Waals surface area contributed by atoms with Gasteiger partial charge in [0.05, 0.1) is 11.9 Å². The Labute approximate surface area is 101 Å². The molecule has 1 saturated heterocycles. The highest BCUT2D eigenvalue weighted by molar-refractivity contribution is 6.02. The highest BCUT2D eigenvalue weighted by Crippen LogP contribution is 2.27. The topological polar surface area (TPSA) is 74.7 Å². The van der Waals surface area contributed by atoms with Crippen molar-refractivity contribution in [1.29, 1.82) is 0 Å². The number of nitrogens with two attached hydrogens (primary N) is 1. The van der Waals surface area contributed by atoms with Gasteiger partial charge < -0.3 is 15.8 Å². The zero-order chi connectivity index (χ0) is 12.3. The number of amidine groups is 1. The maximum atomic E-state index is 8.78. The van der Waals surface area contributed by atoms with Gasteiger partial charge in [-0.3, -0.25) is 4.98 Å². The highest BCUT2D eigenvalue weighted by atomic mass is 16.4. The molecular weight excluding hydrogens is 216 g/mol. The molecule has 2 heterocycles. The van der Waals surface area contributed by atoms with Crippen LogP contribution in [0.3, 0.4) is 0 Å². The van der Waals surface area contributed by atoms with Gasteiger partial charge in [0.2, 0.25) is 0 Å². The minimum absolute atomic E-state index is 0.141. The van der Waals surface area contributed by atoms with E-state index in [1.165, 1.54) is 12.8 Å². The molecule has 1 atom stereocenters. The summed E-state index contributed by atoms with van der Waals surface area (Å²) < 4.78 is 0. The van der Waals surface area contributed by atoms with E-state index < -0.39 is 0 Å². The van der Waals surface area contributed by atoms with E-state index in [1.807, 2.05) is 0 Å². The lowest BCUT2D eigenvalue weighted by atomic mass is 10.1. The van der Waals surface area contributed by atoms with Crippen LogP contribution in [0.15, 0.2) is 23.6 Å². The SMILES string of the molecule is CCC1CCN(c2cnccc2/C(N)=N/O)C1. The van der Waals surface area contributed by atoms with E-state index in [9.17, 15) is 0 Å². The predicted molar refractivity (Wildman–Crippen MR) is 67.4 cm³/mol. The largest absolute Gasteiger partial charge is 0.409 e. The summed E-state index contributed by atoms with van der Waals surface area (Å²) in [4.78, 5) is 6.38. The smallest absolute Gasteiger partial charge is 0.172 e. The van der Waals surface area contributed by atoms with Gasteiger partial charge in [-0.15, -0.1) is 0 Å². The minimum Gasteiger partial charge on any atom is -0.409 e. The average Bonchev–Trinajstić information content (AvgIpc) is 2.86. The number of hydrogen-bond acceptors (Lipinski definition) is 4. The summed E-state index contributed by atoms with van der Waals surface area (Å²) in [5.41, 5.74) is 7.38. The summed E-state index contributed by atoms with van der Waals surface area (Å²) in [5.74, 6) is 0.873. The third-order valence-corrected chi connectivity index (χ3v) is 3.39.